The number of carbonyl (C=O) groups excluding carboxylic acids is 2. The quantitative estimate of drug-likeness (QED) is 0.0734. The molecule has 6 nitrogen and oxygen atoms in total. The molecule has 1 fully saturated rings. The van der Waals surface area contributed by atoms with Gasteiger partial charge in [0.05, 0.1) is 11.6 Å². The number of carbonyl (C=O) groups is 2. The monoisotopic (exact) mass is 655 g/mol. The van der Waals surface area contributed by atoms with Gasteiger partial charge in [-0.25, -0.2) is 0 Å². The Balaban J connectivity index is 1.55. The van der Waals surface area contributed by atoms with Crippen LogP contribution >= 0.6 is 81.1 Å². The molecule has 1 atom stereocenters. The molecule has 1 aromatic heterocycles. The van der Waals surface area contributed by atoms with Crippen molar-refractivity contribution in [2.75, 3.05) is 4.90 Å². The van der Waals surface area contributed by atoms with Gasteiger partial charge in [-0.3, -0.25) is 14.5 Å². The summed E-state index contributed by atoms with van der Waals surface area (Å²) in [5, 5.41) is 21.8. The molecule has 39 heavy (non-hydrogen) atoms. The van der Waals surface area contributed by atoms with Gasteiger partial charge in [-0.1, -0.05) is 93.2 Å². The minimum atomic E-state index is -1.08. The number of hydrogen-bond donors (Lipinski definition) is 1. The van der Waals surface area contributed by atoms with Crippen molar-refractivity contribution < 1.29 is 14.7 Å². The molecule has 1 unspecified atom stereocenters. The van der Waals surface area contributed by atoms with E-state index in [1.54, 1.807) is 48.5 Å². The van der Waals surface area contributed by atoms with Crippen molar-refractivity contribution in [2.24, 2.45) is 0 Å². The maximum absolute atomic E-state index is 13.4. The van der Waals surface area contributed by atoms with Crippen molar-refractivity contribution in [3.63, 3.8) is 0 Å². The number of benzene rings is 3. The Morgan fingerprint density at radius 2 is 1.51 bits per heavy atom. The van der Waals surface area contributed by atoms with Gasteiger partial charge < -0.3 is 5.11 Å². The second kappa shape index (κ2) is 11.7. The van der Waals surface area contributed by atoms with Crippen LogP contribution in [0.3, 0.4) is 0 Å². The van der Waals surface area contributed by atoms with Gasteiger partial charge >= 0.3 is 5.91 Å². The van der Waals surface area contributed by atoms with E-state index < -0.39 is 17.7 Å². The van der Waals surface area contributed by atoms with E-state index in [4.69, 9.17) is 58.0 Å². The molecular formula is C26H14Cl5N3O3S2. The molecule has 1 aliphatic rings. The predicted octanol–water partition coefficient (Wildman–Crippen LogP) is 8.72. The lowest BCUT2D eigenvalue weighted by Gasteiger charge is -2.23. The number of aromatic nitrogens is 2. The zero-order chi connectivity index (χ0) is 27.8. The van der Waals surface area contributed by atoms with Gasteiger partial charge in [0, 0.05) is 36.4 Å². The summed E-state index contributed by atoms with van der Waals surface area (Å²) in [6, 6.07) is 15.0. The number of halogens is 5. The molecule has 3 aromatic carbocycles. The second-order valence-electron chi connectivity index (χ2n) is 8.22. The van der Waals surface area contributed by atoms with Gasteiger partial charge in [-0.05, 0) is 59.7 Å². The summed E-state index contributed by atoms with van der Waals surface area (Å²) in [6.07, 6.45) is 0. The molecule has 0 radical (unpaired) electrons. The van der Waals surface area contributed by atoms with Crippen LogP contribution in [-0.2, 0) is 15.3 Å². The smallest absolute Gasteiger partial charge is 0.301 e. The van der Waals surface area contributed by atoms with Gasteiger partial charge in [0.25, 0.3) is 5.78 Å². The summed E-state index contributed by atoms with van der Waals surface area (Å²) >= 11 is 33.4. The van der Waals surface area contributed by atoms with E-state index >= 15 is 0 Å². The molecular weight excluding hydrogens is 644 g/mol. The molecule has 0 aliphatic carbocycles. The molecule has 1 saturated heterocycles. The SMILES string of the molecule is O=C1C(=O)N(c2nnc(SCc3ccc(Cl)cc3Cl)s2)C(c2ccc(Cl)cc2Cl)/C1=C(/O)c1ccc(Cl)cc1. The highest BCUT2D eigenvalue weighted by molar-refractivity contribution is 8.00. The minimum absolute atomic E-state index is 0.149. The Labute approximate surface area is 256 Å². The zero-order valence-electron chi connectivity index (χ0n) is 19.4. The lowest BCUT2D eigenvalue weighted by molar-refractivity contribution is -0.132. The topological polar surface area (TPSA) is 83.4 Å². The third kappa shape index (κ3) is 5.79. The average molecular weight is 658 g/mol. The number of ketones is 1. The molecule has 2 heterocycles. The number of anilines is 1. The van der Waals surface area contributed by atoms with Crippen LogP contribution in [0.2, 0.25) is 25.1 Å². The second-order valence-corrected chi connectivity index (χ2v) is 12.5. The number of rotatable bonds is 6. The standard InChI is InChI=1S/C26H14Cl5N3O3S2/c27-14-4-1-12(2-5-14)22(35)20-21(17-8-7-16(29)10-19(17)31)34(24(37)23(20)36)25-32-33-26(39-25)38-11-13-3-6-15(28)9-18(13)30/h1-10,21,35H,11H2/b22-20-. The Morgan fingerprint density at radius 1 is 0.872 bits per heavy atom. The number of aliphatic hydroxyl groups excluding tert-OH is 1. The Hall–Kier alpha value is -2.30. The van der Waals surface area contributed by atoms with Gasteiger partial charge in [0.2, 0.25) is 5.13 Å². The first kappa shape index (κ1) is 28.2. The molecule has 13 heteroatoms. The predicted molar refractivity (Wildman–Crippen MR) is 159 cm³/mol. The third-order valence-corrected chi connectivity index (χ3v) is 9.29. The van der Waals surface area contributed by atoms with Gasteiger partial charge in [-0.2, -0.15) is 0 Å². The molecule has 0 saturated carbocycles. The van der Waals surface area contributed by atoms with Crippen LogP contribution in [0.25, 0.3) is 5.76 Å². The van der Waals surface area contributed by atoms with Crippen LogP contribution in [-0.4, -0.2) is 27.0 Å². The highest BCUT2D eigenvalue weighted by Crippen LogP contribution is 2.46. The van der Waals surface area contributed by atoms with Gasteiger partial charge in [-0.15, -0.1) is 10.2 Å². The molecule has 1 amide bonds. The van der Waals surface area contributed by atoms with Gasteiger partial charge in [0.1, 0.15) is 5.76 Å². The van der Waals surface area contributed by atoms with Crippen molar-refractivity contribution in [2.45, 2.75) is 16.1 Å². The van der Waals surface area contributed by atoms with Gasteiger partial charge in [0.15, 0.2) is 4.34 Å². The summed E-state index contributed by atoms with van der Waals surface area (Å²) in [5.74, 6) is -1.67. The first-order valence-electron chi connectivity index (χ1n) is 11.1. The summed E-state index contributed by atoms with van der Waals surface area (Å²) in [5.41, 5.74) is 1.39. The van der Waals surface area contributed by atoms with Crippen molar-refractivity contribution in [3.05, 3.63) is 108 Å². The molecule has 1 aliphatic heterocycles. The van der Waals surface area contributed by atoms with Crippen molar-refractivity contribution >= 4 is 104 Å². The molecule has 198 valence electrons. The number of Topliss-reactive ketones (excluding diaryl/α,β-unsaturated/α-hetero) is 1. The van der Waals surface area contributed by atoms with E-state index in [2.05, 4.69) is 10.2 Å². The fraction of sp³-hybridized carbons (Fsp3) is 0.0769. The fourth-order valence-corrected chi connectivity index (χ4v) is 7.01. The van der Waals surface area contributed by atoms with Crippen molar-refractivity contribution in [3.8, 4) is 0 Å². The third-order valence-electron chi connectivity index (χ3n) is 5.79. The fourth-order valence-electron chi connectivity index (χ4n) is 3.95. The molecule has 0 bridgehead atoms. The number of amides is 1. The molecule has 1 N–H and O–H groups in total. The van der Waals surface area contributed by atoms with E-state index in [1.165, 1.54) is 22.7 Å². The molecule has 4 aromatic rings. The normalized spacial score (nSPS) is 16.7. The lowest BCUT2D eigenvalue weighted by Crippen LogP contribution is -2.29. The number of thioether (sulfide) groups is 1. The number of hydrogen-bond acceptors (Lipinski definition) is 7. The Kier molecular flexibility index (Phi) is 8.45. The van der Waals surface area contributed by atoms with E-state index in [9.17, 15) is 14.7 Å². The summed E-state index contributed by atoms with van der Waals surface area (Å²) in [4.78, 5) is 27.9. The Bertz CT molecular complexity index is 1640. The first-order valence-corrected chi connectivity index (χ1v) is 14.8. The highest BCUT2D eigenvalue weighted by Gasteiger charge is 2.49. The summed E-state index contributed by atoms with van der Waals surface area (Å²) in [6.45, 7) is 0. The average Bonchev–Trinajstić information content (AvgIpc) is 3.46. The lowest BCUT2D eigenvalue weighted by atomic mass is 9.95. The minimum Gasteiger partial charge on any atom is -0.507 e. The van der Waals surface area contributed by atoms with Crippen LogP contribution in [0.5, 0.6) is 0 Å². The van der Waals surface area contributed by atoms with E-state index in [0.29, 0.717) is 41.3 Å². The van der Waals surface area contributed by atoms with E-state index in [0.717, 1.165) is 16.9 Å². The number of aliphatic hydroxyl groups is 1. The van der Waals surface area contributed by atoms with Crippen molar-refractivity contribution in [1.29, 1.82) is 0 Å². The number of nitrogens with zero attached hydrogens (tertiary/aromatic N) is 3. The first-order chi connectivity index (χ1) is 18.6. The van der Waals surface area contributed by atoms with E-state index in [-0.39, 0.29) is 21.5 Å². The summed E-state index contributed by atoms with van der Waals surface area (Å²) in [7, 11) is 0. The van der Waals surface area contributed by atoms with Crippen molar-refractivity contribution in [1.82, 2.24) is 10.2 Å². The Morgan fingerprint density at radius 3 is 2.18 bits per heavy atom. The van der Waals surface area contributed by atoms with Crippen LogP contribution in [0.1, 0.15) is 22.7 Å². The highest BCUT2D eigenvalue weighted by atomic mass is 35.5. The van der Waals surface area contributed by atoms with Crippen LogP contribution in [0.15, 0.2) is 70.6 Å². The van der Waals surface area contributed by atoms with Crippen LogP contribution < -0.4 is 4.90 Å². The van der Waals surface area contributed by atoms with E-state index in [1.807, 2.05) is 6.07 Å². The summed E-state index contributed by atoms with van der Waals surface area (Å²) < 4.78 is 0.538. The maximum Gasteiger partial charge on any atom is 0.301 e. The zero-order valence-corrected chi connectivity index (χ0v) is 24.8. The largest absolute Gasteiger partial charge is 0.507 e. The van der Waals surface area contributed by atoms with Crippen LogP contribution in [0.4, 0.5) is 5.13 Å². The maximum atomic E-state index is 13.4. The van der Waals surface area contributed by atoms with Crippen LogP contribution in [0, 0.1) is 0 Å². The molecule has 0 spiro atoms. The molecule has 5 rings (SSSR count).